The molecule has 0 spiro atoms. The zero-order valence-electron chi connectivity index (χ0n) is 8.37. The molecule has 0 unspecified atom stereocenters. The fourth-order valence-corrected chi connectivity index (χ4v) is 2.31. The van der Waals surface area contributed by atoms with Crippen LogP contribution in [0.4, 0.5) is 4.39 Å². The summed E-state index contributed by atoms with van der Waals surface area (Å²) >= 11 is 0. The highest BCUT2D eigenvalue weighted by atomic mass is 19.1. The van der Waals surface area contributed by atoms with E-state index in [1.807, 2.05) is 24.3 Å². The molecule has 0 amide bonds. The van der Waals surface area contributed by atoms with Crippen molar-refractivity contribution in [2.75, 3.05) is 6.67 Å². The number of hydrogen-bond donors (Lipinski definition) is 1. The number of alkyl halides is 1. The zero-order valence-corrected chi connectivity index (χ0v) is 8.37. The molecule has 80 valence electrons. The summed E-state index contributed by atoms with van der Waals surface area (Å²) in [5.41, 5.74) is 1.19. The average Bonchev–Trinajstić information content (AvgIpc) is 2.57. The van der Waals surface area contributed by atoms with Gasteiger partial charge in [-0.25, -0.2) is 0 Å². The summed E-state index contributed by atoms with van der Waals surface area (Å²) in [5, 5.41) is 9.20. The van der Waals surface area contributed by atoms with Gasteiger partial charge in [0.2, 0.25) is 0 Å². The molecular weight excluding hydrogens is 195 g/mol. The van der Waals surface area contributed by atoms with Crippen molar-refractivity contribution >= 4 is 5.97 Å². The van der Waals surface area contributed by atoms with Crippen molar-refractivity contribution in [1.82, 2.24) is 0 Å². The Labute approximate surface area is 87.7 Å². The maximum Gasteiger partial charge on any atom is 0.310 e. The molecule has 1 aliphatic carbocycles. The van der Waals surface area contributed by atoms with E-state index in [4.69, 9.17) is 0 Å². The van der Waals surface area contributed by atoms with Crippen molar-refractivity contribution in [3.05, 3.63) is 35.4 Å². The maximum atomic E-state index is 12.4. The van der Waals surface area contributed by atoms with Gasteiger partial charge in [-0.05, 0) is 30.4 Å². The molecule has 0 atom stereocenters. The fourth-order valence-electron chi connectivity index (χ4n) is 2.31. The van der Waals surface area contributed by atoms with E-state index in [1.165, 1.54) is 0 Å². The molecule has 0 bridgehead atoms. The van der Waals surface area contributed by atoms with E-state index < -0.39 is 18.1 Å². The minimum absolute atomic E-state index is 0.108. The van der Waals surface area contributed by atoms with Crippen LogP contribution in [-0.4, -0.2) is 17.8 Å². The first-order chi connectivity index (χ1) is 7.18. The van der Waals surface area contributed by atoms with Gasteiger partial charge in [-0.2, -0.15) is 0 Å². The molecule has 0 saturated heterocycles. The first-order valence-electron chi connectivity index (χ1n) is 5.04. The van der Waals surface area contributed by atoms with Crippen molar-refractivity contribution < 1.29 is 14.3 Å². The Morgan fingerprint density at radius 3 is 2.27 bits per heavy atom. The first kappa shape index (κ1) is 10.1. The van der Waals surface area contributed by atoms with Crippen molar-refractivity contribution in [2.45, 2.75) is 19.3 Å². The maximum absolute atomic E-state index is 12.4. The van der Waals surface area contributed by atoms with Gasteiger partial charge in [-0.1, -0.05) is 24.3 Å². The minimum atomic E-state index is -0.904. The molecule has 15 heavy (non-hydrogen) atoms. The van der Waals surface area contributed by atoms with Gasteiger partial charge < -0.3 is 5.11 Å². The van der Waals surface area contributed by atoms with Crippen LogP contribution in [0.5, 0.6) is 0 Å². The second-order valence-corrected chi connectivity index (χ2v) is 4.15. The molecule has 2 rings (SSSR count). The van der Waals surface area contributed by atoms with Crippen LogP contribution in [0.2, 0.25) is 0 Å². The van der Waals surface area contributed by atoms with Crippen LogP contribution in [-0.2, 0) is 17.6 Å². The molecule has 1 N–H and O–H groups in total. The van der Waals surface area contributed by atoms with Gasteiger partial charge in [0.25, 0.3) is 0 Å². The number of halogens is 1. The van der Waals surface area contributed by atoms with E-state index in [1.54, 1.807) is 0 Å². The second-order valence-electron chi connectivity index (χ2n) is 4.15. The highest BCUT2D eigenvalue weighted by Crippen LogP contribution is 2.39. The molecule has 1 aromatic carbocycles. The van der Waals surface area contributed by atoms with E-state index in [9.17, 15) is 14.3 Å². The van der Waals surface area contributed by atoms with Crippen LogP contribution in [0.25, 0.3) is 0 Å². The molecule has 0 radical (unpaired) electrons. The summed E-state index contributed by atoms with van der Waals surface area (Å²) < 4.78 is 12.4. The zero-order chi connectivity index (χ0) is 10.9. The van der Waals surface area contributed by atoms with Crippen LogP contribution in [0, 0.1) is 5.41 Å². The van der Waals surface area contributed by atoms with Gasteiger partial charge >= 0.3 is 5.97 Å². The third-order valence-electron chi connectivity index (χ3n) is 3.20. The van der Waals surface area contributed by atoms with Crippen molar-refractivity contribution in [2.24, 2.45) is 5.41 Å². The predicted molar refractivity (Wildman–Crippen MR) is 54.5 cm³/mol. The number of carboxylic acid groups (broad SMARTS) is 1. The molecule has 3 heteroatoms. The lowest BCUT2D eigenvalue weighted by Gasteiger charge is -2.21. The summed E-state index contributed by atoms with van der Waals surface area (Å²) in [6.45, 7) is -0.569. The Morgan fingerprint density at radius 1 is 1.33 bits per heavy atom. The third kappa shape index (κ3) is 1.62. The van der Waals surface area contributed by atoms with E-state index in [-0.39, 0.29) is 6.42 Å². The SMILES string of the molecule is O=C(O)C1(CCF)Cc2ccccc2C1. The highest BCUT2D eigenvalue weighted by molar-refractivity contribution is 5.77. The van der Waals surface area contributed by atoms with Crippen LogP contribution in [0.3, 0.4) is 0 Å². The lowest BCUT2D eigenvalue weighted by molar-refractivity contribution is -0.149. The third-order valence-corrected chi connectivity index (χ3v) is 3.20. The Hall–Kier alpha value is -1.38. The summed E-state index contributed by atoms with van der Waals surface area (Å²) in [4.78, 5) is 11.2. The van der Waals surface area contributed by atoms with Crippen LogP contribution < -0.4 is 0 Å². The van der Waals surface area contributed by atoms with E-state index in [0.29, 0.717) is 12.8 Å². The number of hydrogen-bond acceptors (Lipinski definition) is 1. The Bertz CT molecular complexity index is 362. The quantitative estimate of drug-likeness (QED) is 0.826. The highest BCUT2D eigenvalue weighted by Gasteiger charge is 2.43. The average molecular weight is 208 g/mol. The van der Waals surface area contributed by atoms with Gasteiger partial charge in [0, 0.05) is 0 Å². The van der Waals surface area contributed by atoms with E-state index in [0.717, 1.165) is 11.1 Å². The predicted octanol–water partition coefficient (Wildman–Crippen LogP) is 2.22. The van der Waals surface area contributed by atoms with Gasteiger partial charge in [0.15, 0.2) is 0 Å². The fraction of sp³-hybridized carbons (Fsp3) is 0.417. The molecule has 0 heterocycles. The summed E-state index contributed by atoms with van der Waals surface area (Å²) in [5.74, 6) is -0.878. The van der Waals surface area contributed by atoms with Gasteiger partial charge in [0.05, 0.1) is 12.1 Å². The van der Waals surface area contributed by atoms with Gasteiger partial charge in [-0.3, -0.25) is 9.18 Å². The number of benzene rings is 1. The van der Waals surface area contributed by atoms with Crippen molar-refractivity contribution in [3.63, 3.8) is 0 Å². The monoisotopic (exact) mass is 208 g/mol. The number of rotatable bonds is 3. The Morgan fingerprint density at radius 2 is 1.87 bits per heavy atom. The molecule has 1 aliphatic rings. The first-order valence-corrected chi connectivity index (χ1v) is 5.04. The largest absolute Gasteiger partial charge is 0.481 e. The van der Waals surface area contributed by atoms with Gasteiger partial charge in [0.1, 0.15) is 0 Å². The molecule has 1 aromatic rings. The smallest absolute Gasteiger partial charge is 0.310 e. The topological polar surface area (TPSA) is 37.3 Å². The van der Waals surface area contributed by atoms with Crippen molar-refractivity contribution in [3.8, 4) is 0 Å². The lowest BCUT2D eigenvalue weighted by Crippen LogP contribution is -2.32. The Kier molecular flexibility index (Phi) is 2.47. The molecule has 2 nitrogen and oxygen atoms in total. The summed E-state index contributed by atoms with van der Waals surface area (Å²) in [7, 11) is 0. The van der Waals surface area contributed by atoms with Gasteiger partial charge in [-0.15, -0.1) is 0 Å². The number of fused-ring (bicyclic) bond motifs is 1. The van der Waals surface area contributed by atoms with Crippen LogP contribution in [0.1, 0.15) is 17.5 Å². The number of carboxylic acids is 1. The standard InChI is InChI=1S/C12H13FO2/c13-6-5-12(11(14)15)7-9-3-1-2-4-10(9)8-12/h1-4H,5-8H2,(H,14,15). The van der Waals surface area contributed by atoms with Crippen LogP contribution in [0.15, 0.2) is 24.3 Å². The molecule has 0 aromatic heterocycles. The number of aliphatic carboxylic acids is 1. The second kappa shape index (κ2) is 3.65. The number of carbonyl (C=O) groups is 1. The Balaban J connectivity index is 2.32. The lowest BCUT2D eigenvalue weighted by atomic mass is 9.82. The van der Waals surface area contributed by atoms with Crippen molar-refractivity contribution in [1.29, 1.82) is 0 Å². The summed E-state index contributed by atoms with van der Waals surface area (Å²) in [6, 6.07) is 7.65. The molecular formula is C12H13FO2. The molecule has 0 fully saturated rings. The molecule has 0 aliphatic heterocycles. The minimum Gasteiger partial charge on any atom is -0.481 e. The normalized spacial score (nSPS) is 17.4. The summed E-state index contributed by atoms with van der Waals surface area (Å²) in [6.07, 6.45) is 1.03. The van der Waals surface area contributed by atoms with Crippen LogP contribution >= 0.6 is 0 Å². The van der Waals surface area contributed by atoms with E-state index >= 15 is 0 Å². The van der Waals surface area contributed by atoms with E-state index in [2.05, 4.69) is 0 Å². The molecule has 0 saturated carbocycles.